The first-order valence-electron chi connectivity index (χ1n) is 13.5. The predicted molar refractivity (Wildman–Crippen MR) is 177 cm³/mol. The van der Waals surface area contributed by atoms with E-state index < -0.39 is 25.8 Å². The SMILES string of the molecule is C[Si](C)=[Zr]([C]1=CC(c2ccccc2)=C(c2ccccc2)C1)[C]1=CC(c2ccccc2)=C(c2ccccc2)C1.Cl.Cl. The van der Waals surface area contributed by atoms with Crippen LogP contribution in [0.15, 0.2) is 140 Å². The smallest absolute Gasteiger partial charge is 0.147 e. The summed E-state index contributed by atoms with van der Waals surface area (Å²) in [4.78, 5) is 0. The molecule has 0 saturated heterocycles. The molecule has 0 aromatic heterocycles. The first-order valence-corrected chi connectivity index (χ1v) is 22.1. The first-order chi connectivity index (χ1) is 18.7. The van der Waals surface area contributed by atoms with Crippen LogP contribution in [0.4, 0.5) is 0 Å². The van der Waals surface area contributed by atoms with Gasteiger partial charge in [0.05, 0.1) is 0 Å². The van der Waals surface area contributed by atoms with E-state index in [-0.39, 0.29) is 24.8 Å². The van der Waals surface area contributed by atoms with E-state index in [0.717, 1.165) is 12.8 Å². The third-order valence-electron chi connectivity index (χ3n) is 7.58. The average molecular weight is 657 g/mol. The van der Waals surface area contributed by atoms with E-state index in [4.69, 9.17) is 0 Å². The molecule has 0 saturated carbocycles. The van der Waals surface area contributed by atoms with Crippen LogP contribution >= 0.6 is 24.8 Å². The van der Waals surface area contributed by atoms with Gasteiger partial charge in [0.2, 0.25) is 0 Å². The van der Waals surface area contributed by atoms with Crippen molar-refractivity contribution in [3.05, 3.63) is 162 Å². The van der Waals surface area contributed by atoms with Crippen LogP contribution in [0, 0.1) is 0 Å². The van der Waals surface area contributed by atoms with E-state index in [9.17, 15) is 0 Å². The minimum Gasteiger partial charge on any atom is -0.147 e. The summed E-state index contributed by atoms with van der Waals surface area (Å²) in [5.74, 6) is 0. The second-order valence-corrected chi connectivity index (χ2v) is 27.6. The zero-order valence-corrected chi connectivity index (χ0v) is 28.0. The molecule has 2 aliphatic rings. The van der Waals surface area contributed by atoms with E-state index in [2.05, 4.69) is 147 Å². The predicted octanol–water partition coefficient (Wildman–Crippen LogP) is 10.5. The molecular formula is C36H34Cl2SiZr. The van der Waals surface area contributed by atoms with E-state index >= 15 is 0 Å². The Morgan fingerprint density at radius 3 is 1.05 bits per heavy atom. The summed E-state index contributed by atoms with van der Waals surface area (Å²) in [7, 11) is 0. The molecule has 4 aromatic rings. The van der Waals surface area contributed by atoms with Crippen LogP contribution in [0.3, 0.4) is 0 Å². The molecule has 6 rings (SSSR count). The fourth-order valence-corrected chi connectivity index (χ4v) is 22.7. The van der Waals surface area contributed by atoms with Crippen LogP contribution in [0.1, 0.15) is 35.1 Å². The number of hydrogen-bond acceptors (Lipinski definition) is 0. The Kier molecular flexibility index (Phi) is 10.6. The largest absolute Gasteiger partial charge is 0.147 e. The molecular weight excluding hydrogens is 623 g/mol. The Morgan fingerprint density at radius 2 is 0.750 bits per heavy atom. The zero-order chi connectivity index (χ0) is 25.9. The standard InChI is InChI=1S/2C17H13.C2H6Si.2ClH.Zr/c2*1-3-8-14(9-4-1)16-12-7-13-17(16)15-10-5-2-6-11-15;1-3-2;;;/h2*1-6,8-12H,13H2;1-2H3;2*1H;. The minimum absolute atomic E-state index is 0. The number of benzene rings is 4. The molecule has 0 unspecified atom stereocenters. The van der Waals surface area contributed by atoms with Gasteiger partial charge in [0.25, 0.3) is 0 Å². The van der Waals surface area contributed by atoms with Crippen molar-refractivity contribution in [3.8, 4) is 0 Å². The Balaban J connectivity index is 0.00000185. The zero-order valence-electron chi connectivity index (χ0n) is 22.9. The van der Waals surface area contributed by atoms with Crippen molar-refractivity contribution in [3.63, 3.8) is 0 Å². The molecule has 0 spiro atoms. The molecule has 0 bridgehead atoms. The molecule has 0 aliphatic heterocycles. The van der Waals surface area contributed by atoms with Crippen molar-refractivity contribution >= 4 is 52.5 Å². The molecule has 0 nitrogen and oxygen atoms in total. The molecule has 2 aliphatic carbocycles. The van der Waals surface area contributed by atoms with Gasteiger partial charge in [0.15, 0.2) is 0 Å². The van der Waals surface area contributed by atoms with Crippen LogP contribution < -0.4 is 0 Å². The third kappa shape index (κ3) is 6.37. The summed E-state index contributed by atoms with van der Waals surface area (Å²) >= 11 is -2.08. The van der Waals surface area contributed by atoms with Crippen molar-refractivity contribution < 1.29 is 20.4 Å². The Hall–Kier alpha value is -2.48. The van der Waals surface area contributed by atoms with Crippen LogP contribution in [-0.2, 0) is 20.4 Å². The van der Waals surface area contributed by atoms with Crippen molar-refractivity contribution in [1.82, 2.24) is 0 Å². The Labute approximate surface area is 259 Å². The first kappa shape index (κ1) is 30.5. The summed E-state index contributed by atoms with van der Waals surface area (Å²) in [5.41, 5.74) is 10.9. The maximum atomic E-state index is 2.62. The number of hydrogen-bond donors (Lipinski definition) is 0. The van der Waals surface area contributed by atoms with Gasteiger partial charge in [0, 0.05) is 0 Å². The molecule has 0 heterocycles. The van der Waals surface area contributed by atoms with Gasteiger partial charge in [-0.05, 0) is 0 Å². The fourth-order valence-electron chi connectivity index (χ4n) is 5.91. The Morgan fingerprint density at radius 1 is 0.450 bits per heavy atom. The maximum absolute atomic E-state index is 2.62. The quantitative estimate of drug-likeness (QED) is 0.181. The van der Waals surface area contributed by atoms with Crippen molar-refractivity contribution in [2.75, 3.05) is 0 Å². The van der Waals surface area contributed by atoms with Gasteiger partial charge in [-0.15, -0.1) is 24.8 Å². The normalized spacial score (nSPS) is 14.2. The summed E-state index contributed by atoms with van der Waals surface area (Å²) in [6.07, 6.45) is 7.45. The molecule has 40 heavy (non-hydrogen) atoms. The molecule has 200 valence electrons. The second-order valence-electron chi connectivity index (χ2n) is 10.3. The van der Waals surface area contributed by atoms with Gasteiger partial charge in [-0.2, -0.15) is 0 Å². The second kappa shape index (κ2) is 13.9. The third-order valence-corrected chi connectivity index (χ3v) is 24.5. The van der Waals surface area contributed by atoms with E-state index in [0.29, 0.717) is 0 Å². The fraction of sp³-hybridized carbons (Fsp3) is 0.111. The van der Waals surface area contributed by atoms with Crippen molar-refractivity contribution in [1.29, 1.82) is 0 Å². The molecule has 4 aromatic carbocycles. The summed E-state index contributed by atoms with van der Waals surface area (Å²) in [6.45, 7) is 5.15. The number of halogens is 2. The van der Waals surface area contributed by atoms with Crippen LogP contribution in [-0.4, -0.2) is 5.43 Å². The van der Waals surface area contributed by atoms with Gasteiger partial charge in [-0.1, -0.05) is 0 Å². The molecule has 0 atom stereocenters. The molecule has 0 radical (unpaired) electrons. The van der Waals surface area contributed by atoms with Crippen molar-refractivity contribution in [2.24, 2.45) is 0 Å². The van der Waals surface area contributed by atoms with Gasteiger partial charge >= 0.3 is 236 Å². The molecule has 0 amide bonds. The Bertz CT molecular complexity index is 1510. The molecule has 0 N–H and O–H groups in total. The minimum atomic E-state index is -2.08. The van der Waals surface area contributed by atoms with Crippen LogP contribution in [0.2, 0.25) is 13.1 Å². The van der Waals surface area contributed by atoms with Gasteiger partial charge in [-0.3, -0.25) is 0 Å². The number of rotatable bonds is 6. The van der Waals surface area contributed by atoms with E-state index in [1.165, 1.54) is 44.5 Å². The monoisotopic (exact) mass is 654 g/mol. The topological polar surface area (TPSA) is 0 Å². The maximum Gasteiger partial charge on any atom is -0.147 e. The van der Waals surface area contributed by atoms with E-state index in [1.807, 2.05) is 0 Å². The van der Waals surface area contributed by atoms with Crippen molar-refractivity contribution in [2.45, 2.75) is 25.9 Å². The van der Waals surface area contributed by atoms with Gasteiger partial charge in [-0.25, -0.2) is 0 Å². The van der Waals surface area contributed by atoms with Crippen LogP contribution in [0.5, 0.6) is 0 Å². The van der Waals surface area contributed by atoms with Gasteiger partial charge < -0.3 is 0 Å². The average Bonchev–Trinajstić information content (AvgIpc) is 3.61. The van der Waals surface area contributed by atoms with Crippen LogP contribution in [0.25, 0.3) is 22.3 Å². The van der Waals surface area contributed by atoms with Gasteiger partial charge in [0.1, 0.15) is 0 Å². The van der Waals surface area contributed by atoms with E-state index in [1.54, 1.807) is 6.56 Å². The number of allylic oxidation sites excluding steroid dienone is 8. The summed E-state index contributed by atoms with van der Waals surface area (Å²) in [5, 5.41) is 0. The molecule has 4 heteroatoms. The summed E-state index contributed by atoms with van der Waals surface area (Å²) in [6, 6.07) is 44.2. The summed E-state index contributed by atoms with van der Waals surface area (Å²) < 4.78 is 3.55. The molecule has 0 fully saturated rings.